The Bertz CT molecular complexity index is 908. The number of carbonyl (C=O) groups excluding carboxylic acids is 1. The van der Waals surface area contributed by atoms with Crippen molar-refractivity contribution in [3.8, 4) is 5.75 Å². The molecule has 0 radical (unpaired) electrons. The third-order valence-electron chi connectivity index (χ3n) is 3.40. The number of aromatic amines is 1. The maximum absolute atomic E-state index is 12.3. The lowest BCUT2D eigenvalue weighted by molar-refractivity contribution is 0.0838. The number of nitrogens with zero attached hydrogens (tertiary/aromatic N) is 1. The van der Waals surface area contributed by atoms with Crippen molar-refractivity contribution in [2.45, 2.75) is 6.92 Å². The predicted octanol–water partition coefficient (Wildman–Crippen LogP) is 1.94. The van der Waals surface area contributed by atoms with Crippen LogP contribution in [0.1, 0.15) is 10.4 Å². The summed E-state index contributed by atoms with van der Waals surface area (Å²) >= 11 is 0. The van der Waals surface area contributed by atoms with Crippen LogP contribution in [0.25, 0.3) is 11.0 Å². The highest BCUT2D eigenvalue weighted by Crippen LogP contribution is 2.17. The van der Waals surface area contributed by atoms with Crippen LogP contribution in [0.15, 0.2) is 47.3 Å². The lowest BCUT2D eigenvalue weighted by Gasteiger charge is -2.08. The molecule has 112 valence electrons. The normalized spacial score (nSPS) is 10.8. The second kappa shape index (κ2) is 5.40. The Morgan fingerprint density at radius 1 is 1.27 bits per heavy atom. The highest BCUT2D eigenvalue weighted by atomic mass is 16.5. The van der Waals surface area contributed by atoms with E-state index in [0.717, 1.165) is 10.1 Å². The molecule has 1 heterocycles. The number of aromatic nitrogens is 2. The topological polar surface area (TPSA) is 90.1 Å². The van der Waals surface area contributed by atoms with Gasteiger partial charge in [-0.25, -0.2) is 9.36 Å². The summed E-state index contributed by atoms with van der Waals surface area (Å²) in [5.74, 6) is 0.161. The predicted molar refractivity (Wildman–Crippen MR) is 84.3 cm³/mol. The number of rotatable bonds is 3. The van der Waals surface area contributed by atoms with Crippen molar-refractivity contribution in [2.24, 2.45) is 0 Å². The van der Waals surface area contributed by atoms with E-state index in [0.29, 0.717) is 22.5 Å². The van der Waals surface area contributed by atoms with Crippen molar-refractivity contribution in [1.29, 1.82) is 0 Å². The lowest BCUT2D eigenvalue weighted by atomic mass is 10.2. The SMILES string of the molecule is Cc1ccccc1OCC(=O)n1c(=O)[nH]c2ccc(N)cc21. The minimum atomic E-state index is -0.501. The van der Waals surface area contributed by atoms with Gasteiger partial charge in [0.25, 0.3) is 5.91 Å². The van der Waals surface area contributed by atoms with Gasteiger partial charge in [0.2, 0.25) is 0 Å². The molecule has 2 aromatic carbocycles. The van der Waals surface area contributed by atoms with Gasteiger partial charge in [0, 0.05) is 5.69 Å². The van der Waals surface area contributed by atoms with E-state index < -0.39 is 11.6 Å². The second-order valence-corrected chi connectivity index (χ2v) is 4.99. The molecule has 0 saturated heterocycles. The first-order chi connectivity index (χ1) is 10.6. The van der Waals surface area contributed by atoms with Crippen LogP contribution in [-0.4, -0.2) is 22.1 Å². The molecule has 0 aliphatic rings. The van der Waals surface area contributed by atoms with Crippen LogP contribution >= 0.6 is 0 Å². The number of fused-ring (bicyclic) bond motifs is 1. The molecule has 0 spiro atoms. The summed E-state index contributed by atoms with van der Waals surface area (Å²) in [5.41, 5.74) is 7.62. The number of aryl methyl sites for hydroxylation is 1. The molecule has 0 aliphatic heterocycles. The Morgan fingerprint density at radius 3 is 2.82 bits per heavy atom. The number of hydrogen-bond donors (Lipinski definition) is 2. The van der Waals surface area contributed by atoms with Crippen LogP contribution in [0.3, 0.4) is 0 Å². The minimum absolute atomic E-state index is 0.230. The molecule has 0 fully saturated rings. The third-order valence-corrected chi connectivity index (χ3v) is 3.40. The lowest BCUT2D eigenvalue weighted by Crippen LogP contribution is -2.28. The number of nitrogens with one attached hydrogen (secondary N) is 1. The quantitative estimate of drug-likeness (QED) is 0.723. The molecule has 0 bridgehead atoms. The molecule has 0 unspecified atom stereocenters. The van der Waals surface area contributed by atoms with Gasteiger partial charge in [-0.1, -0.05) is 18.2 Å². The molecule has 22 heavy (non-hydrogen) atoms. The van der Waals surface area contributed by atoms with Gasteiger partial charge < -0.3 is 15.5 Å². The summed E-state index contributed by atoms with van der Waals surface area (Å²) < 4.78 is 6.55. The van der Waals surface area contributed by atoms with Crippen LogP contribution in [-0.2, 0) is 0 Å². The van der Waals surface area contributed by atoms with E-state index >= 15 is 0 Å². The second-order valence-electron chi connectivity index (χ2n) is 4.99. The van der Waals surface area contributed by atoms with E-state index in [4.69, 9.17) is 10.5 Å². The monoisotopic (exact) mass is 297 g/mol. The maximum atomic E-state index is 12.3. The number of H-pyrrole nitrogens is 1. The highest BCUT2D eigenvalue weighted by Gasteiger charge is 2.15. The number of carbonyl (C=O) groups is 1. The van der Waals surface area contributed by atoms with Gasteiger partial charge in [0.1, 0.15) is 5.75 Å². The number of nitrogen functional groups attached to an aromatic ring is 1. The Balaban J connectivity index is 1.90. The first-order valence-corrected chi connectivity index (χ1v) is 6.78. The summed E-state index contributed by atoms with van der Waals surface area (Å²) in [4.78, 5) is 26.9. The van der Waals surface area contributed by atoms with Gasteiger partial charge in [-0.15, -0.1) is 0 Å². The Morgan fingerprint density at radius 2 is 2.05 bits per heavy atom. The molecule has 6 nitrogen and oxygen atoms in total. The van der Waals surface area contributed by atoms with Gasteiger partial charge in [0.15, 0.2) is 6.61 Å². The number of benzene rings is 2. The number of ether oxygens (including phenoxy) is 1. The van der Waals surface area contributed by atoms with Gasteiger partial charge in [-0.3, -0.25) is 4.79 Å². The number of para-hydroxylation sites is 1. The van der Waals surface area contributed by atoms with Gasteiger partial charge in [-0.2, -0.15) is 0 Å². The first kappa shape index (κ1) is 13.9. The molecule has 0 saturated carbocycles. The maximum Gasteiger partial charge on any atom is 0.333 e. The molecule has 6 heteroatoms. The Hall–Kier alpha value is -3.02. The van der Waals surface area contributed by atoms with Crippen molar-refractivity contribution in [1.82, 2.24) is 9.55 Å². The van der Waals surface area contributed by atoms with E-state index in [-0.39, 0.29) is 6.61 Å². The van der Waals surface area contributed by atoms with E-state index in [9.17, 15) is 9.59 Å². The van der Waals surface area contributed by atoms with Gasteiger partial charge in [-0.05, 0) is 36.8 Å². The summed E-state index contributed by atoms with van der Waals surface area (Å²) in [6, 6.07) is 12.3. The fourth-order valence-electron chi connectivity index (χ4n) is 2.29. The average molecular weight is 297 g/mol. The van der Waals surface area contributed by atoms with Crippen LogP contribution in [0, 0.1) is 6.92 Å². The zero-order valence-corrected chi connectivity index (χ0v) is 12.0. The van der Waals surface area contributed by atoms with Crippen molar-refractivity contribution < 1.29 is 9.53 Å². The Labute approximate surface area is 126 Å². The van der Waals surface area contributed by atoms with E-state index in [1.807, 2.05) is 25.1 Å². The molecular formula is C16H15N3O3. The number of nitrogens with two attached hydrogens (primary N) is 1. The van der Waals surface area contributed by atoms with Gasteiger partial charge >= 0.3 is 5.69 Å². The zero-order valence-electron chi connectivity index (χ0n) is 12.0. The molecule has 3 aromatic rings. The Kier molecular flexibility index (Phi) is 3.42. The molecule has 1 aromatic heterocycles. The summed E-state index contributed by atoms with van der Waals surface area (Å²) in [6.45, 7) is 1.66. The molecule has 3 N–H and O–H groups in total. The molecule has 3 rings (SSSR count). The largest absolute Gasteiger partial charge is 0.483 e. The molecule has 0 aliphatic carbocycles. The fraction of sp³-hybridized carbons (Fsp3) is 0.125. The van der Waals surface area contributed by atoms with E-state index in [2.05, 4.69) is 4.98 Å². The molecular weight excluding hydrogens is 282 g/mol. The van der Waals surface area contributed by atoms with Crippen LogP contribution < -0.4 is 16.2 Å². The molecule has 0 atom stereocenters. The van der Waals surface area contributed by atoms with Crippen LogP contribution in [0.4, 0.5) is 5.69 Å². The van der Waals surface area contributed by atoms with Crippen molar-refractivity contribution in [2.75, 3.05) is 12.3 Å². The standard InChI is InChI=1S/C16H15N3O3/c1-10-4-2-3-5-14(10)22-9-15(20)19-13-8-11(17)6-7-12(13)18-16(19)21/h2-8H,9,17H2,1H3,(H,18,21). The van der Waals surface area contributed by atoms with Gasteiger partial charge in [0.05, 0.1) is 11.0 Å². The number of hydrogen-bond acceptors (Lipinski definition) is 4. The van der Waals surface area contributed by atoms with E-state index in [1.165, 1.54) is 0 Å². The highest BCUT2D eigenvalue weighted by molar-refractivity contribution is 5.92. The van der Waals surface area contributed by atoms with Crippen molar-refractivity contribution in [3.63, 3.8) is 0 Å². The summed E-state index contributed by atoms with van der Waals surface area (Å²) in [7, 11) is 0. The fourth-order valence-corrected chi connectivity index (χ4v) is 2.29. The van der Waals surface area contributed by atoms with Crippen LogP contribution in [0.2, 0.25) is 0 Å². The smallest absolute Gasteiger partial charge is 0.333 e. The van der Waals surface area contributed by atoms with Crippen LogP contribution in [0.5, 0.6) is 5.75 Å². The number of imidazole rings is 1. The van der Waals surface area contributed by atoms with E-state index in [1.54, 1.807) is 24.3 Å². The summed E-state index contributed by atoms with van der Waals surface area (Å²) in [6.07, 6.45) is 0. The van der Waals surface area contributed by atoms with Crippen molar-refractivity contribution in [3.05, 3.63) is 58.5 Å². The number of anilines is 1. The summed E-state index contributed by atoms with van der Waals surface area (Å²) in [5, 5.41) is 0. The minimum Gasteiger partial charge on any atom is -0.483 e. The van der Waals surface area contributed by atoms with Crippen molar-refractivity contribution >= 4 is 22.6 Å². The molecule has 0 amide bonds. The average Bonchev–Trinajstić information content (AvgIpc) is 2.81. The third kappa shape index (κ3) is 2.46. The zero-order chi connectivity index (χ0) is 15.7. The first-order valence-electron chi connectivity index (χ1n) is 6.78.